The molecule has 192 valence electrons. The highest BCUT2D eigenvalue weighted by Crippen LogP contribution is 2.21. The van der Waals surface area contributed by atoms with Gasteiger partial charge in [0.25, 0.3) is 5.91 Å². The first-order valence-electron chi connectivity index (χ1n) is 12.0. The quantitative estimate of drug-likeness (QED) is 0.331. The predicted octanol–water partition coefficient (Wildman–Crippen LogP) is 4.78. The van der Waals surface area contributed by atoms with Crippen molar-refractivity contribution in [2.24, 2.45) is 0 Å². The van der Waals surface area contributed by atoms with E-state index in [1.807, 2.05) is 25.9 Å². The average molecular weight is 527 g/mol. The van der Waals surface area contributed by atoms with E-state index in [1.54, 1.807) is 28.6 Å². The number of carbonyl (C=O) groups is 2. The number of aryl methyl sites for hydroxylation is 3. The number of nitrogens with zero attached hydrogens (tertiary/aromatic N) is 3. The topological polar surface area (TPSA) is 85.8 Å². The molecule has 0 unspecified atom stereocenters. The molecule has 2 N–H and O–H groups in total. The van der Waals surface area contributed by atoms with Crippen LogP contribution < -0.4 is 4.72 Å². The second kappa shape index (κ2) is 13.4. The maximum atomic E-state index is 13.3. The Morgan fingerprint density at radius 2 is 1.81 bits per heavy atom. The summed E-state index contributed by atoms with van der Waals surface area (Å²) in [6.07, 6.45) is 2.94. The first kappa shape index (κ1) is 27.7. The van der Waals surface area contributed by atoms with Crippen LogP contribution in [0.15, 0.2) is 48.5 Å². The summed E-state index contributed by atoms with van der Waals surface area (Å²) >= 11 is 2.64. The largest absolute Gasteiger partial charge is 0.508 e. The predicted molar refractivity (Wildman–Crippen MR) is 147 cm³/mol. The summed E-state index contributed by atoms with van der Waals surface area (Å²) in [7, 11) is 3.70. The molecule has 0 aliphatic heterocycles. The number of nitrogens with one attached hydrogen (secondary N) is 1. The number of hydrogen-bond acceptors (Lipinski definition) is 7. The van der Waals surface area contributed by atoms with E-state index >= 15 is 0 Å². The first-order valence-corrected chi connectivity index (χ1v) is 13.6. The molecular formula is C27H34N4O3S2. The van der Waals surface area contributed by atoms with Crippen molar-refractivity contribution in [1.29, 1.82) is 0 Å². The molecular weight excluding hydrogens is 492 g/mol. The standard InChI is InChI=1S/C27H34N4O3S2/c1-5-20-8-6-9-21(16-20)10-7-15-31(25(33)17-22-11-13-23(32)14-12-22)18-24-28-26(19(2)35-24)27(34)29-36-30(3)4/h6,8-9,11-14,16,32H,5,7,10,15,17-18H2,1-4H3,(H,29,34). The Morgan fingerprint density at radius 3 is 2.50 bits per heavy atom. The smallest absolute Gasteiger partial charge is 0.281 e. The highest BCUT2D eigenvalue weighted by molar-refractivity contribution is 7.95. The summed E-state index contributed by atoms with van der Waals surface area (Å²) < 4.78 is 4.57. The lowest BCUT2D eigenvalue weighted by atomic mass is 10.0. The summed E-state index contributed by atoms with van der Waals surface area (Å²) in [6, 6.07) is 15.3. The van der Waals surface area contributed by atoms with Crippen LogP contribution in [0, 0.1) is 6.92 Å². The summed E-state index contributed by atoms with van der Waals surface area (Å²) in [4.78, 5) is 33.1. The number of carbonyl (C=O) groups excluding carboxylic acids is 2. The Labute approximate surface area is 221 Å². The van der Waals surface area contributed by atoms with E-state index in [2.05, 4.69) is 40.9 Å². The van der Waals surface area contributed by atoms with E-state index in [9.17, 15) is 14.7 Å². The van der Waals surface area contributed by atoms with Gasteiger partial charge >= 0.3 is 0 Å². The van der Waals surface area contributed by atoms with Gasteiger partial charge in [0.15, 0.2) is 0 Å². The van der Waals surface area contributed by atoms with Gasteiger partial charge < -0.3 is 10.0 Å². The molecule has 7 nitrogen and oxygen atoms in total. The summed E-state index contributed by atoms with van der Waals surface area (Å²) in [5, 5.41) is 10.3. The van der Waals surface area contributed by atoms with E-state index in [0.717, 1.165) is 34.7 Å². The molecule has 0 spiro atoms. The zero-order valence-electron chi connectivity index (χ0n) is 21.3. The Hall–Kier alpha value is -2.88. The fourth-order valence-corrected chi connectivity index (χ4v) is 5.05. The minimum absolute atomic E-state index is 0.00924. The maximum Gasteiger partial charge on any atom is 0.281 e. The van der Waals surface area contributed by atoms with Crippen LogP contribution in [-0.2, 0) is 30.6 Å². The van der Waals surface area contributed by atoms with Gasteiger partial charge in [-0.15, -0.1) is 11.3 Å². The second-order valence-electron chi connectivity index (χ2n) is 8.78. The van der Waals surface area contributed by atoms with Crippen LogP contribution in [0.25, 0.3) is 0 Å². The number of benzene rings is 2. The van der Waals surface area contributed by atoms with Crippen LogP contribution in [0.3, 0.4) is 0 Å². The molecule has 0 bridgehead atoms. The number of hydrogen-bond donors (Lipinski definition) is 2. The third-order valence-electron chi connectivity index (χ3n) is 5.64. The van der Waals surface area contributed by atoms with E-state index in [4.69, 9.17) is 0 Å². The average Bonchev–Trinajstić information content (AvgIpc) is 3.23. The van der Waals surface area contributed by atoms with E-state index < -0.39 is 0 Å². The molecule has 36 heavy (non-hydrogen) atoms. The van der Waals surface area contributed by atoms with Gasteiger partial charge in [-0.2, -0.15) is 0 Å². The van der Waals surface area contributed by atoms with Gasteiger partial charge in [0, 0.05) is 23.6 Å². The molecule has 0 aliphatic carbocycles. The zero-order valence-corrected chi connectivity index (χ0v) is 22.9. The summed E-state index contributed by atoms with van der Waals surface area (Å²) in [5.74, 6) is -0.0784. The van der Waals surface area contributed by atoms with Crippen molar-refractivity contribution in [3.63, 3.8) is 0 Å². The molecule has 3 aromatic rings. The summed E-state index contributed by atoms with van der Waals surface area (Å²) in [6.45, 7) is 4.96. The Morgan fingerprint density at radius 1 is 1.08 bits per heavy atom. The second-order valence-corrected chi connectivity index (χ2v) is 11.2. The normalized spacial score (nSPS) is 11.0. The number of phenolic OH excluding ortho intramolecular Hbond substituents is 1. The number of amides is 2. The van der Waals surface area contributed by atoms with Gasteiger partial charge in [0.2, 0.25) is 5.91 Å². The van der Waals surface area contributed by atoms with Crippen LogP contribution in [0.2, 0.25) is 0 Å². The third kappa shape index (κ3) is 8.36. The molecule has 0 atom stereocenters. The first-order chi connectivity index (χ1) is 17.2. The summed E-state index contributed by atoms with van der Waals surface area (Å²) in [5.41, 5.74) is 3.81. The van der Waals surface area contributed by atoms with Gasteiger partial charge in [-0.05, 0) is 69.1 Å². The highest BCUT2D eigenvalue weighted by atomic mass is 32.2. The molecule has 0 aliphatic rings. The molecule has 2 aromatic carbocycles. The van der Waals surface area contributed by atoms with Crippen molar-refractivity contribution >= 4 is 35.3 Å². The highest BCUT2D eigenvalue weighted by Gasteiger charge is 2.20. The minimum atomic E-state index is -0.244. The van der Waals surface area contributed by atoms with Crippen molar-refractivity contribution < 1.29 is 14.7 Å². The Kier molecular flexibility index (Phi) is 10.3. The fraction of sp³-hybridized carbons (Fsp3) is 0.370. The molecule has 9 heteroatoms. The Bertz CT molecular complexity index is 1160. The van der Waals surface area contributed by atoms with Crippen LogP contribution in [0.4, 0.5) is 0 Å². The van der Waals surface area contributed by atoms with E-state index in [0.29, 0.717) is 18.8 Å². The SMILES string of the molecule is CCc1cccc(CCCN(Cc2nc(C(=O)NSN(C)C)c(C)s2)C(=O)Cc2ccc(O)cc2)c1. The van der Waals surface area contributed by atoms with Gasteiger partial charge in [0.05, 0.1) is 13.0 Å². The molecule has 0 fully saturated rings. The molecule has 3 rings (SSSR count). The number of phenols is 1. The van der Waals surface area contributed by atoms with Gasteiger partial charge in [-0.25, -0.2) is 9.29 Å². The number of rotatable bonds is 12. The monoisotopic (exact) mass is 526 g/mol. The molecule has 0 saturated heterocycles. The maximum absolute atomic E-state index is 13.3. The minimum Gasteiger partial charge on any atom is -0.508 e. The number of aromatic nitrogens is 1. The molecule has 2 amide bonds. The molecule has 0 saturated carbocycles. The lowest BCUT2D eigenvalue weighted by molar-refractivity contribution is -0.131. The van der Waals surface area contributed by atoms with Gasteiger partial charge in [-0.3, -0.25) is 14.3 Å². The van der Waals surface area contributed by atoms with Crippen LogP contribution in [-0.4, -0.2) is 51.8 Å². The van der Waals surface area contributed by atoms with Crippen molar-refractivity contribution in [2.45, 2.75) is 46.1 Å². The van der Waals surface area contributed by atoms with Gasteiger partial charge in [-0.1, -0.05) is 43.3 Å². The lowest BCUT2D eigenvalue weighted by Gasteiger charge is -2.22. The van der Waals surface area contributed by atoms with Crippen molar-refractivity contribution in [2.75, 3.05) is 20.6 Å². The Balaban J connectivity index is 1.71. The van der Waals surface area contributed by atoms with Crippen LogP contribution >= 0.6 is 23.5 Å². The zero-order chi connectivity index (χ0) is 26.1. The van der Waals surface area contributed by atoms with E-state index in [-0.39, 0.29) is 24.0 Å². The lowest BCUT2D eigenvalue weighted by Crippen LogP contribution is -2.33. The third-order valence-corrected chi connectivity index (χ3v) is 7.24. The van der Waals surface area contributed by atoms with E-state index in [1.165, 1.54) is 34.6 Å². The molecule has 1 heterocycles. The number of aromatic hydroxyl groups is 1. The molecule has 1 aromatic heterocycles. The van der Waals surface area contributed by atoms with Crippen LogP contribution in [0.5, 0.6) is 5.75 Å². The van der Waals surface area contributed by atoms with Gasteiger partial charge in [0.1, 0.15) is 16.5 Å². The number of thiazole rings is 1. The molecule has 0 radical (unpaired) electrons. The van der Waals surface area contributed by atoms with Crippen molar-refractivity contribution in [3.05, 3.63) is 80.8 Å². The van der Waals surface area contributed by atoms with Crippen molar-refractivity contribution in [3.8, 4) is 5.75 Å². The van der Waals surface area contributed by atoms with Crippen LogP contribution in [0.1, 0.15) is 50.4 Å². The van der Waals surface area contributed by atoms with Crippen molar-refractivity contribution in [1.82, 2.24) is 18.9 Å². The fourth-order valence-electron chi connectivity index (χ4n) is 3.75.